The van der Waals surface area contributed by atoms with Crippen LogP contribution in [0.4, 0.5) is 11.4 Å². The lowest BCUT2D eigenvalue weighted by Crippen LogP contribution is -2.55. The monoisotopic (exact) mass is 306 g/mol. The minimum absolute atomic E-state index is 0.143. The summed E-state index contributed by atoms with van der Waals surface area (Å²) in [5.74, 6) is -1.21. The van der Waals surface area contributed by atoms with E-state index in [-0.39, 0.29) is 12.5 Å². The summed E-state index contributed by atoms with van der Waals surface area (Å²) in [6.45, 7) is 4.88. The summed E-state index contributed by atoms with van der Waals surface area (Å²) in [6.07, 6.45) is 0.342. The number of nitrogens with one attached hydrogen (secondary N) is 2. The van der Waals surface area contributed by atoms with Crippen LogP contribution in [0.1, 0.15) is 27.2 Å². The van der Waals surface area contributed by atoms with Gasteiger partial charge in [-0.1, -0.05) is 6.92 Å². The van der Waals surface area contributed by atoms with Crippen molar-refractivity contribution in [3.05, 3.63) is 18.2 Å². The molecule has 0 radical (unpaired) electrons. The summed E-state index contributed by atoms with van der Waals surface area (Å²) in [7, 11) is 0. The van der Waals surface area contributed by atoms with E-state index >= 15 is 0 Å². The first-order valence-corrected chi connectivity index (χ1v) is 7.02. The molecule has 1 aromatic rings. The number of ether oxygens (including phenoxy) is 2. The normalized spacial score (nSPS) is 19.5. The number of esters is 1. The molecule has 7 heteroatoms. The molecule has 1 atom stereocenters. The van der Waals surface area contributed by atoms with Crippen molar-refractivity contribution in [1.29, 1.82) is 0 Å². The van der Waals surface area contributed by atoms with Crippen molar-refractivity contribution < 1.29 is 23.9 Å². The highest BCUT2D eigenvalue weighted by molar-refractivity contribution is 6.14. The lowest BCUT2D eigenvalue weighted by atomic mass is 10.0. The number of benzene rings is 1. The van der Waals surface area contributed by atoms with Gasteiger partial charge in [0.05, 0.1) is 12.3 Å². The van der Waals surface area contributed by atoms with E-state index in [1.165, 1.54) is 6.92 Å². The van der Waals surface area contributed by atoms with Gasteiger partial charge in [0, 0.05) is 18.2 Å². The van der Waals surface area contributed by atoms with E-state index in [0.717, 1.165) is 0 Å². The molecule has 0 aromatic heterocycles. The molecule has 0 bridgehead atoms. The Morgan fingerprint density at radius 1 is 1.36 bits per heavy atom. The zero-order valence-electron chi connectivity index (χ0n) is 12.7. The predicted octanol–water partition coefficient (Wildman–Crippen LogP) is 1.69. The van der Waals surface area contributed by atoms with Crippen LogP contribution >= 0.6 is 0 Å². The Morgan fingerprint density at radius 3 is 2.73 bits per heavy atom. The van der Waals surface area contributed by atoms with Crippen LogP contribution in [0.15, 0.2) is 18.2 Å². The van der Waals surface area contributed by atoms with Crippen LogP contribution in [0, 0.1) is 0 Å². The van der Waals surface area contributed by atoms with Crippen LogP contribution in [0.3, 0.4) is 0 Å². The Hall–Kier alpha value is -2.57. The molecular formula is C15H18N2O5. The smallest absolute Gasteiger partial charge is 0.360 e. The number of hydrogen-bond donors (Lipinski definition) is 2. The van der Waals surface area contributed by atoms with Gasteiger partial charge < -0.3 is 20.1 Å². The quantitative estimate of drug-likeness (QED) is 0.652. The molecule has 2 rings (SSSR count). The minimum atomic E-state index is -1.75. The number of fused-ring (bicyclic) bond motifs is 1. The first kappa shape index (κ1) is 15.8. The van der Waals surface area contributed by atoms with Gasteiger partial charge >= 0.3 is 5.97 Å². The summed E-state index contributed by atoms with van der Waals surface area (Å²) in [5.41, 5.74) is -0.801. The Bertz CT molecular complexity index is 628. The van der Waals surface area contributed by atoms with E-state index in [1.54, 1.807) is 32.0 Å². The number of hydrogen-bond acceptors (Lipinski definition) is 5. The lowest BCUT2D eigenvalue weighted by Gasteiger charge is -2.32. The Kier molecular flexibility index (Phi) is 4.35. The van der Waals surface area contributed by atoms with Crippen molar-refractivity contribution in [3.8, 4) is 5.75 Å². The molecule has 0 spiro atoms. The van der Waals surface area contributed by atoms with Crippen molar-refractivity contribution in [2.75, 3.05) is 17.2 Å². The maximum absolute atomic E-state index is 12.1. The molecule has 2 N–H and O–H groups in total. The van der Waals surface area contributed by atoms with Crippen molar-refractivity contribution in [2.45, 2.75) is 32.8 Å². The Balaban J connectivity index is 2.30. The van der Waals surface area contributed by atoms with Crippen LogP contribution in [-0.2, 0) is 19.1 Å². The van der Waals surface area contributed by atoms with Gasteiger partial charge in [0.1, 0.15) is 5.75 Å². The number of carbonyl (C=O) groups excluding carboxylic acids is 3. The molecule has 1 aromatic carbocycles. The first-order valence-electron chi connectivity index (χ1n) is 7.02. The highest BCUT2D eigenvalue weighted by Gasteiger charge is 2.48. The van der Waals surface area contributed by atoms with Crippen molar-refractivity contribution in [2.24, 2.45) is 0 Å². The highest BCUT2D eigenvalue weighted by atomic mass is 16.6. The van der Waals surface area contributed by atoms with E-state index in [2.05, 4.69) is 10.6 Å². The maximum atomic E-state index is 12.1. The fraction of sp³-hybridized carbons (Fsp3) is 0.400. The molecule has 0 saturated heterocycles. The molecule has 7 nitrogen and oxygen atoms in total. The number of carbonyl (C=O) groups is 3. The topological polar surface area (TPSA) is 93.7 Å². The molecule has 0 unspecified atom stereocenters. The Labute approximate surface area is 128 Å². The molecule has 1 aliphatic rings. The summed E-state index contributed by atoms with van der Waals surface area (Å²) >= 11 is 0. The van der Waals surface area contributed by atoms with E-state index in [9.17, 15) is 14.4 Å². The second-order valence-electron chi connectivity index (χ2n) is 4.92. The molecule has 118 valence electrons. The first-order chi connectivity index (χ1) is 10.4. The largest absolute Gasteiger partial charge is 0.464 e. The standard InChI is InChI=1S/C15H18N2O5/c1-4-12(18)16-9-6-7-10-11(8-9)22-15(3,13(19)17-10)14(20)21-5-2/h6-8H,4-5H2,1-3H3,(H,16,18)(H,17,19)/t15-/m1/s1. The van der Waals surface area contributed by atoms with Crippen molar-refractivity contribution in [3.63, 3.8) is 0 Å². The predicted molar refractivity (Wildman–Crippen MR) is 79.7 cm³/mol. The fourth-order valence-electron chi connectivity index (χ4n) is 1.95. The molecular weight excluding hydrogens is 288 g/mol. The third kappa shape index (κ3) is 2.88. The molecule has 0 saturated carbocycles. The number of amides is 2. The molecule has 0 fully saturated rings. The number of anilines is 2. The van der Waals surface area contributed by atoms with Crippen LogP contribution in [-0.4, -0.2) is 30.0 Å². The maximum Gasteiger partial charge on any atom is 0.360 e. The van der Waals surface area contributed by atoms with Crippen LogP contribution in [0.2, 0.25) is 0 Å². The molecule has 2 amide bonds. The van der Waals surface area contributed by atoms with Gasteiger partial charge in [0.25, 0.3) is 11.5 Å². The highest BCUT2D eigenvalue weighted by Crippen LogP contribution is 2.36. The minimum Gasteiger partial charge on any atom is -0.464 e. The average Bonchev–Trinajstić information content (AvgIpc) is 2.48. The summed E-state index contributed by atoms with van der Waals surface area (Å²) < 4.78 is 10.5. The average molecular weight is 306 g/mol. The van der Waals surface area contributed by atoms with Gasteiger partial charge in [0.2, 0.25) is 5.91 Å². The summed E-state index contributed by atoms with van der Waals surface area (Å²) in [4.78, 5) is 35.5. The third-order valence-corrected chi connectivity index (χ3v) is 3.25. The van der Waals surface area contributed by atoms with Gasteiger partial charge in [-0.05, 0) is 26.0 Å². The third-order valence-electron chi connectivity index (χ3n) is 3.25. The van der Waals surface area contributed by atoms with Gasteiger partial charge in [-0.25, -0.2) is 4.79 Å². The second kappa shape index (κ2) is 6.05. The zero-order valence-corrected chi connectivity index (χ0v) is 12.7. The Morgan fingerprint density at radius 2 is 2.09 bits per heavy atom. The van der Waals surface area contributed by atoms with Gasteiger partial charge in [-0.15, -0.1) is 0 Å². The van der Waals surface area contributed by atoms with Crippen LogP contribution < -0.4 is 15.4 Å². The molecule has 22 heavy (non-hydrogen) atoms. The van der Waals surface area contributed by atoms with Crippen molar-refractivity contribution >= 4 is 29.2 Å². The van der Waals surface area contributed by atoms with E-state index < -0.39 is 17.5 Å². The van der Waals surface area contributed by atoms with Gasteiger partial charge in [-0.3, -0.25) is 9.59 Å². The van der Waals surface area contributed by atoms with Crippen molar-refractivity contribution in [1.82, 2.24) is 0 Å². The van der Waals surface area contributed by atoms with Gasteiger partial charge in [0.15, 0.2) is 0 Å². The second-order valence-corrected chi connectivity index (χ2v) is 4.92. The van der Waals surface area contributed by atoms with E-state index in [1.807, 2.05) is 0 Å². The molecule has 1 heterocycles. The fourth-order valence-corrected chi connectivity index (χ4v) is 1.95. The van der Waals surface area contributed by atoms with E-state index in [0.29, 0.717) is 23.5 Å². The molecule has 0 aliphatic carbocycles. The van der Waals surface area contributed by atoms with Gasteiger partial charge in [-0.2, -0.15) is 0 Å². The summed E-state index contributed by atoms with van der Waals surface area (Å²) in [6, 6.07) is 4.80. The number of rotatable bonds is 4. The van der Waals surface area contributed by atoms with Crippen LogP contribution in [0.5, 0.6) is 5.75 Å². The SMILES string of the molecule is CCOC(=O)[C@]1(C)Oc2cc(NC(=O)CC)ccc2NC1=O. The zero-order chi connectivity index (χ0) is 16.3. The lowest BCUT2D eigenvalue weighted by molar-refractivity contribution is -0.165. The van der Waals surface area contributed by atoms with E-state index in [4.69, 9.17) is 9.47 Å². The molecule has 1 aliphatic heterocycles. The van der Waals surface area contributed by atoms with Crippen LogP contribution in [0.25, 0.3) is 0 Å². The summed E-state index contributed by atoms with van der Waals surface area (Å²) in [5, 5.41) is 5.29.